The van der Waals surface area contributed by atoms with Gasteiger partial charge in [-0.05, 0) is 55.6 Å². The van der Waals surface area contributed by atoms with Crippen molar-refractivity contribution in [1.29, 1.82) is 0 Å². The molecule has 26 heavy (non-hydrogen) atoms. The van der Waals surface area contributed by atoms with Crippen molar-refractivity contribution in [1.82, 2.24) is 4.90 Å². The van der Waals surface area contributed by atoms with E-state index in [0.29, 0.717) is 5.02 Å². The van der Waals surface area contributed by atoms with Gasteiger partial charge in [-0.25, -0.2) is 0 Å². The molecule has 1 fully saturated rings. The molecule has 3 rings (SSSR count). The van der Waals surface area contributed by atoms with Crippen molar-refractivity contribution in [2.75, 3.05) is 19.6 Å². The molecule has 0 aliphatic carbocycles. The molecule has 1 aliphatic rings. The van der Waals surface area contributed by atoms with E-state index in [0.717, 1.165) is 38.0 Å². The van der Waals surface area contributed by atoms with Gasteiger partial charge in [-0.1, -0.05) is 73.8 Å². The maximum atomic E-state index is 11.9. The van der Waals surface area contributed by atoms with E-state index in [1.807, 2.05) is 30.3 Å². The third kappa shape index (κ3) is 4.49. The fourth-order valence-corrected chi connectivity index (χ4v) is 4.38. The van der Waals surface area contributed by atoms with Crippen LogP contribution in [-0.4, -0.2) is 29.6 Å². The smallest absolute Gasteiger partial charge is 0.0976 e. The van der Waals surface area contributed by atoms with Crippen LogP contribution >= 0.6 is 11.6 Å². The van der Waals surface area contributed by atoms with Gasteiger partial charge in [0.1, 0.15) is 0 Å². The summed E-state index contributed by atoms with van der Waals surface area (Å²) >= 11 is 6.10. The van der Waals surface area contributed by atoms with Crippen molar-refractivity contribution in [2.24, 2.45) is 0 Å². The van der Waals surface area contributed by atoms with Crippen LogP contribution in [0.25, 0.3) is 0 Å². The highest BCUT2D eigenvalue weighted by molar-refractivity contribution is 6.30. The van der Waals surface area contributed by atoms with Gasteiger partial charge in [-0.15, -0.1) is 0 Å². The summed E-state index contributed by atoms with van der Waals surface area (Å²) in [7, 11) is 0. The molecule has 0 saturated carbocycles. The lowest BCUT2D eigenvalue weighted by molar-refractivity contribution is -0.0152. The van der Waals surface area contributed by atoms with E-state index in [1.165, 1.54) is 24.8 Å². The Bertz CT molecular complexity index is 666. The number of halogens is 1. The van der Waals surface area contributed by atoms with Crippen LogP contribution in [0.1, 0.15) is 56.1 Å². The van der Waals surface area contributed by atoms with E-state index >= 15 is 0 Å². The second-order valence-electron chi connectivity index (χ2n) is 7.51. The largest absolute Gasteiger partial charge is 0.384 e. The molecule has 3 heteroatoms. The second kappa shape index (κ2) is 9.03. The minimum atomic E-state index is -0.891. The molecular formula is C23H30ClNO. The number of hydrogen-bond acceptors (Lipinski definition) is 2. The molecule has 2 aromatic carbocycles. The first kappa shape index (κ1) is 19.4. The van der Waals surface area contributed by atoms with Crippen molar-refractivity contribution in [3.8, 4) is 0 Å². The summed E-state index contributed by atoms with van der Waals surface area (Å²) in [6, 6.07) is 18.3. The molecule has 0 aromatic heterocycles. The molecule has 0 unspecified atom stereocenters. The van der Waals surface area contributed by atoms with E-state index in [-0.39, 0.29) is 5.92 Å². The third-order valence-corrected chi connectivity index (χ3v) is 5.90. The van der Waals surface area contributed by atoms with Gasteiger partial charge >= 0.3 is 0 Å². The summed E-state index contributed by atoms with van der Waals surface area (Å²) in [6.45, 7) is 5.30. The van der Waals surface area contributed by atoms with Crippen LogP contribution < -0.4 is 0 Å². The van der Waals surface area contributed by atoms with Gasteiger partial charge < -0.3 is 10.0 Å². The van der Waals surface area contributed by atoms with Crippen LogP contribution in [0.4, 0.5) is 0 Å². The Morgan fingerprint density at radius 2 is 1.65 bits per heavy atom. The maximum Gasteiger partial charge on any atom is 0.0976 e. The van der Waals surface area contributed by atoms with E-state index in [1.54, 1.807) is 0 Å². The predicted octanol–water partition coefficient (Wildman–Crippen LogP) is 5.60. The minimum Gasteiger partial charge on any atom is -0.384 e. The van der Waals surface area contributed by atoms with Crippen LogP contribution in [0.5, 0.6) is 0 Å². The lowest BCUT2D eigenvalue weighted by Crippen LogP contribution is -2.42. The summed E-state index contributed by atoms with van der Waals surface area (Å²) in [6.07, 6.45) is 5.51. The quantitative estimate of drug-likeness (QED) is 0.685. The zero-order valence-corrected chi connectivity index (χ0v) is 16.5. The molecule has 0 spiro atoms. The summed E-state index contributed by atoms with van der Waals surface area (Å²) < 4.78 is 0. The van der Waals surface area contributed by atoms with Crippen molar-refractivity contribution < 1.29 is 5.11 Å². The Labute approximate surface area is 162 Å². The van der Waals surface area contributed by atoms with Gasteiger partial charge in [0.15, 0.2) is 0 Å². The lowest BCUT2D eigenvalue weighted by Gasteiger charge is -2.41. The summed E-state index contributed by atoms with van der Waals surface area (Å²) in [5.41, 5.74) is 1.29. The first-order chi connectivity index (χ1) is 12.6. The number of rotatable bonds is 7. The number of aliphatic hydroxyl groups is 1. The van der Waals surface area contributed by atoms with E-state index in [4.69, 9.17) is 11.6 Å². The van der Waals surface area contributed by atoms with Gasteiger partial charge in [0.25, 0.3) is 0 Å². The Kier molecular flexibility index (Phi) is 6.74. The number of nitrogens with zero attached hydrogens (tertiary/aromatic N) is 1. The van der Waals surface area contributed by atoms with Gasteiger partial charge in [-0.3, -0.25) is 0 Å². The van der Waals surface area contributed by atoms with Crippen LogP contribution in [0.3, 0.4) is 0 Å². The molecule has 2 aromatic rings. The molecule has 0 amide bonds. The second-order valence-corrected chi connectivity index (χ2v) is 7.94. The monoisotopic (exact) mass is 371 g/mol. The SMILES string of the molecule is CCC[C@@](O)(c1ccc(Cl)cc1)[C@H](CN1CCCCC1)c1ccccc1. The molecule has 2 nitrogen and oxygen atoms in total. The summed E-state index contributed by atoms with van der Waals surface area (Å²) in [5.74, 6) is 0.0444. The molecule has 1 N–H and O–H groups in total. The molecule has 0 bridgehead atoms. The Balaban J connectivity index is 1.99. The molecule has 1 saturated heterocycles. The average Bonchev–Trinajstić information content (AvgIpc) is 2.68. The Morgan fingerprint density at radius 3 is 2.27 bits per heavy atom. The summed E-state index contributed by atoms with van der Waals surface area (Å²) in [5, 5.41) is 12.7. The molecule has 1 heterocycles. The first-order valence-electron chi connectivity index (χ1n) is 9.89. The molecular weight excluding hydrogens is 342 g/mol. The lowest BCUT2D eigenvalue weighted by atomic mass is 9.74. The number of hydrogen-bond donors (Lipinski definition) is 1. The molecule has 140 valence electrons. The van der Waals surface area contributed by atoms with Crippen LogP contribution in [0, 0.1) is 0 Å². The molecule has 2 atom stereocenters. The first-order valence-corrected chi connectivity index (χ1v) is 10.3. The Morgan fingerprint density at radius 1 is 1.00 bits per heavy atom. The fourth-order valence-electron chi connectivity index (χ4n) is 4.26. The van der Waals surface area contributed by atoms with Crippen molar-refractivity contribution in [3.05, 3.63) is 70.7 Å². The highest BCUT2D eigenvalue weighted by Crippen LogP contribution is 2.42. The van der Waals surface area contributed by atoms with Crippen molar-refractivity contribution in [2.45, 2.75) is 50.5 Å². The van der Waals surface area contributed by atoms with E-state index in [9.17, 15) is 5.11 Å². The minimum absolute atomic E-state index is 0.0444. The fraction of sp³-hybridized carbons (Fsp3) is 0.478. The van der Waals surface area contributed by atoms with Crippen molar-refractivity contribution >= 4 is 11.6 Å². The summed E-state index contributed by atoms with van der Waals surface area (Å²) in [4.78, 5) is 2.53. The zero-order valence-electron chi connectivity index (χ0n) is 15.7. The third-order valence-electron chi connectivity index (χ3n) is 5.64. The van der Waals surface area contributed by atoms with E-state index < -0.39 is 5.60 Å². The van der Waals surface area contributed by atoms with Crippen LogP contribution in [0.15, 0.2) is 54.6 Å². The van der Waals surface area contributed by atoms with Crippen molar-refractivity contribution in [3.63, 3.8) is 0 Å². The normalized spacial score (nSPS) is 19.0. The standard InChI is InChI=1S/C23H30ClNO/c1-2-15-23(26,20-11-13-21(24)14-12-20)22(19-9-5-3-6-10-19)18-25-16-7-4-8-17-25/h3,5-6,9-14,22,26H,2,4,7-8,15-18H2,1H3/t22-,23-/m1/s1. The van der Waals surface area contributed by atoms with Crippen LogP contribution in [0.2, 0.25) is 5.02 Å². The molecule has 1 aliphatic heterocycles. The van der Waals surface area contributed by atoms with E-state index in [2.05, 4.69) is 36.1 Å². The van der Waals surface area contributed by atoms with Crippen LogP contribution in [-0.2, 0) is 5.60 Å². The average molecular weight is 372 g/mol. The van der Waals surface area contributed by atoms with Gasteiger partial charge in [0.2, 0.25) is 0 Å². The molecule has 0 radical (unpaired) electrons. The zero-order chi connectivity index (χ0) is 18.4. The highest BCUT2D eigenvalue weighted by atomic mass is 35.5. The highest BCUT2D eigenvalue weighted by Gasteiger charge is 2.39. The topological polar surface area (TPSA) is 23.5 Å². The van der Waals surface area contributed by atoms with Gasteiger partial charge in [0, 0.05) is 17.5 Å². The predicted molar refractivity (Wildman–Crippen MR) is 110 cm³/mol. The maximum absolute atomic E-state index is 11.9. The number of benzene rings is 2. The Hall–Kier alpha value is -1.35. The van der Waals surface area contributed by atoms with Gasteiger partial charge in [0.05, 0.1) is 5.60 Å². The van der Waals surface area contributed by atoms with Gasteiger partial charge in [-0.2, -0.15) is 0 Å². The number of likely N-dealkylation sites (tertiary alicyclic amines) is 1. The number of piperidine rings is 1.